The second kappa shape index (κ2) is 22.4. The highest BCUT2D eigenvalue weighted by Crippen LogP contribution is 2.50. The van der Waals surface area contributed by atoms with Crippen molar-refractivity contribution in [2.75, 3.05) is 4.90 Å². The summed E-state index contributed by atoms with van der Waals surface area (Å²) in [6.07, 6.45) is 0. The van der Waals surface area contributed by atoms with Crippen molar-refractivity contribution in [2.45, 2.75) is 78.6 Å². The van der Waals surface area contributed by atoms with Crippen LogP contribution in [0, 0.1) is 11.3 Å². The van der Waals surface area contributed by atoms with E-state index in [0.717, 1.165) is 101 Å². The molecule has 6 nitrogen and oxygen atoms in total. The Morgan fingerprint density at radius 1 is 0.360 bits per heavy atom. The zero-order chi connectivity index (χ0) is 69.7. The van der Waals surface area contributed by atoms with E-state index < -0.39 is 0 Å². The van der Waals surface area contributed by atoms with Gasteiger partial charge in [0.25, 0.3) is 6.71 Å². The molecule has 2 aliphatic rings. The average molecular weight is 1280 g/mol. The molecule has 100 heavy (non-hydrogen) atoms. The molecule has 5 heterocycles. The molecule has 474 valence electrons. The Bertz CT molecular complexity index is 5950. The third kappa shape index (κ3) is 9.34. The lowest BCUT2D eigenvalue weighted by Crippen LogP contribution is -2.59. The van der Waals surface area contributed by atoms with Crippen LogP contribution in [0.15, 0.2) is 200 Å². The standard InChI is InChI=1S/C85H76B9N5O/c1-83(2,3)47-24-32-63(55(38-47)45-17-11-10-12-18-45)99-66-41-50(96-64-33-25-48(84(4,5)6)39-56(64)57-40-49(85(7,8)9)26-34-65(57)96)27-29-58(66)94-59-30-28-51(97-81-70(72(86)74(88)76(90)78(81)92)71-73(87)75(89)77(91)79(93)82(71)97)42-68(59)100-69-37-46(36-67(99)80(69)94)54-35-44(43-95)23-31-62(54)98-60-21-15-13-19-52(60)53-20-14-16-22-61(53)98/h10-42H,86-93H2,1-9H3. The first kappa shape index (κ1) is 63.2. The van der Waals surface area contributed by atoms with Gasteiger partial charge in [0.15, 0.2) is 0 Å². The number of anilines is 3. The maximum absolute atomic E-state index is 11.0. The van der Waals surface area contributed by atoms with E-state index in [4.69, 9.17) is 4.74 Å². The number of benzene rings is 12. The van der Waals surface area contributed by atoms with Crippen LogP contribution >= 0.6 is 0 Å². The first-order chi connectivity index (χ1) is 47.8. The Labute approximate surface area is 594 Å². The van der Waals surface area contributed by atoms with Crippen LogP contribution < -0.4 is 69.7 Å². The van der Waals surface area contributed by atoms with Crippen molar-refractivity contribution in [1.82, 2.24) is 13.7 Å². The Hall–Kier alpha value is -10.3. The summed E-state index contributed by atoms with van der Waals surface area (Å²) in [5.41, 5.74) is 35.4. The van der Waals surface area contributed by atoms with Gasteiger partial charge >= 0.3 is 0 Å². The minimum Gasteiger partial charge on any atom is -0.458 e. The number of hydrogen-bond acceptors (Lipinski definition) is 3. The molecule has 0 N–H and O–H groups in total. The minimum absolute atomic E-state index is 0.0582. The zero-order valence-electron chi connectivity index (χ0n) is 60.8. The molecule has 0 amide bonds. The van der Waals surface area contributed by atoms with Crippen LogP contribution in [0.25, 0.3) is 105 Å². The van der Waals surface area contributed by atoms with Gasteiger partial charge < -0.3 is 23.3 Å². The minimum atomic E-state index is -0.267. The smallest absolute Gasteiger partial charge is 0.256 e. The molecule has 0 unspecified atom stereocenters. The molecule has 15 aromatic rings. The van der Waals surface area contributed by atoms with E-state index >= 15 is 0 Å². The van der Waals surface area contributed by atoms with Crippen LogP contribution in [0.4, 0.5) is 17.1 Å². The molecule has 0 fully saturated rings. The number of fused-ring (bicyclic) bond motifs is 13. The lowest BCUT2D eigenvalue weighted by Gasteiger charge is -2.41. The Kier molecular flexibility index (Phi) is 14.1. The van der Waals surface area contributed by atoms with Crippen LogP contribution in [0.2, 0.25) is 0 Å². The van der Waals surface area contributed by atoms with Crippen molar-refractivity contribution < 1.29 is 4.74 Å². The third-order valence-electron chi connectivity index (χ3n) is 23.2. The van der Waals surface area contributed by atoms with Gasteiger partial charge in [-0.05, 0) is 168 Å². The summed E-state index contributed by atoms with van der Waals surface area (Å²) in [7, 11) is 18.4. The molecule has 2 aliphatic heterocycles. The second-order valence-corrected chi connectivity index (χ2v) is 31.9. The van der Waals surface area contributed by atoms with Gasteiger partial charge in [0.1, 0.15) is 74.3 Å². The molecule has 12 aromatic carbocycles. The van der Waals surface area contributed by atoms with E-state index in [9.17, 15) is 5.26 Å². The Morgan fingerprint density at radius 2 is 0.850 bits per heavy atom. The number of para-hydroxylation sites is 2. The number of rotatable bonds is 6. The van der Waals surface area contributed by atoms with Crippen LogP contribution in [0.5, 0.6) is 11.5 Å². The van der Waals surface area contributed by atoms with Gasteiger partial charge in [-0.1, -0.05) is 192 Å². The van der Waals surface area contributed by atoms with Gasteiger partial charge in [-0.2, -0.15) is 5.26 Å². The van der Waals surface area contributed by atoms with Gasteiger partial charge in [0.05, 0.1) is 45.1 Å². The van der Waals surface area contributed by atoms with Crippen molar-refractivity contribution in [3.63, 3.8) is 0 Å². The molecule has 15 heteroatoms. The fourth-order valence-corrected chi connectivity index (χ4v) is 17.0. The molecular formula is C85H76B9N5O. The predicted octanol–water partition coefficient (Wildman–Crippen LogP) is 6.55. The molecule has 0 atom stereocenters. The SMILES string of the molecule is Bc1c(B)c(B)c2c(c1B)c1c(B)c(B)c(B)c(B)c1n2-c1ccc2c(c1)Oc1cc(-c3cc(C#N)ccc3-n3c4ccccc4c4ccccc43)cc3c1B2c1ccc(-n2c4ccc(C(C)(C)C)cc4c4cc(C(C)(C)C)ccc42)cc1N3c1ccc(C(C)(C)C)cc1-c1ccccc1. The first-order valence-electron chi connectivity index (χ1n) is 35.6. The largest absolute Gasteiger partial charge is 0.458 e. The Morgan fingerprint density at radius 3 is 1.42 bits per heavy atom. The molecule has 0 saturated heterocycles. The van der Waals surface area contributed by atoms with Crippen LogP contribution in [0.3, 0.4) is 0 Å². The summed E-state index contributed by atoms with van der Waals surface area (Å²) >= 11 is 0. The summed E-state index contributed by atoms with van der Waals surface area (Å²) in [6, 6.07) is 77.6. The summed E-state index contributed by atoms with van der Waals surface area (Å²) in [5.74, 6) is 1.59. The molecule has 0 saturated carbocycles. The van der Waals surface area contributed by atoms with E-state index in [2.05, 4.69) is 344 Å². The molecule has 0 bridgehead atoms. The lowest BCUT2D eigenvalue weighted by molar-refractivity contribution is 0.487. The molecule has 0 spiro atoms. The molecule has 0 radical (unpaired) electrons. The van der Waals surface area contributed by atoms with E-state index in [1.807, 2.05) is 6.07 Å². The number of hydrogen-bond donors (Lipinski definition) is 0. The van der Waals surface area contributed by atoms with E-state index in [1.165, 1.54) is 109 Å². The van der Waals surface area contributed by atoms with Crippen molar-refractivity contribution in [3.05, 3.63) is 222 Å². The Balaban J connectivity index is 1.00. The quantitative estimate of drug-likeness (QED) is 0.178. The predicted molar refractivity (Wildman–Crippen MR) is 452 cm³/mol. The van der Waals surface area contributed by atoms with Crippen molar-refractivity contribution in [3.8, 4) is 56.9 Å². The van der Waals surface area contributed by atoms with Gasteiger partial charge in [0.2, 0.25) is 0 Å². The molecule has 3 aromatic heterocycles. The van der Waals surface area contributed by atoms with Gasteiger partial charge in [0, 0.05) is 72.5 Å². The lowest BCUT2D eigenvalue weighted by atomic mass is 9.34. The maximum Gasteiger partial charge on any atom is 0.256 e. The summed E-state index contributed by atoms with van der Waals surface area (Å²) in [5, 5.41) is 18.5. The first-order valence-corrected chi connectivity index (χ1v) is 35.6. The summed E-state index contributed by atoms with van der Waals surface area (Å²) in [4.78, 5) is 2.57. The molecule has 0 aliphatic carbocycles. The molecular weight excluding hydrogens is 1200 g/mol. The van der Waals surface area contributed by atoms with E-state index in [1.54, 1.807) is 0 Å². The summed E-state index contributed by atoms with van der Waals surface area (Å²) < 4.78 is 15.4. The fraction of sp³-hybridized carbons (Fsp3) is 0.141. The highest BCUT2D eigenvalue weighted by atomic mass is 16.5. The highest BCUT2D eigenvalue weighted by Gasteiger charge is 2.44. The van der Waals surface area contributed by atoms with Crippen molar-refractivity contribution in [1.29, 1.82) is 5.26 Å². The highest BCUT2D eigenvalue weighted by molar-refractivity contribution is 6.99. The van der Waals surface area contributed by atoms with Crippen LogP contribution in [-0.2, 0) is 16.2 Å². The zero-order valence-corrected chi connectivity index (χ0v) is 60.8. The number of nitrogens with zero attached hydrogens (tertiary/aromatic N) is 5. The normalized spacial score (nSPS) is 13.0. The van der Waals surface area contributed by atoms with E-state index in [0.29, 0.717) is 5.56 Å². The third-order valence-corrected chi connectivity index (χ3v) is 23.2. The van der Waals surface area contributed by atoms with Crippen LogP contribution in [0.1, 0.15) is 84.6 Å². The van der Waals surface area contributed by atoms with Crippen molar-refractivity contribution >= 4 is 212 Å². The maximum atomic E-state index is 11.0. The second-order valence-electron chi connectivity index (χ2n) is 31.9. The number of aromatic nitrogens is 3. The monoisotopic (exact) mass is 1280 g/mol. The van der Waals surface area contributed by atoms with Gasteiger partial charge in [-0.3, -0.25) is 0 Å². The molecule has 17 rings (SSSR count). The van der Waals surface area contributed by atoms with Gasteiger partial charge in [-0.15, -0.1) is 10.9 Å². The summed E-state index contributed by atoms with van der Waals surface area (Å²) in [6.45, 7) is 20.6. The van der Waals surface area contributed by atoms with E-state index in [-0.39, 0.29) is 23.0 Å². The number of nitriles is 1. The number of ether oxygens (including phenoxy) is 1. The fourth-order valence-electron chi connectivity index (χ4n) is 17.0. The van der Waals surface area contributed by atoms with Gasteiger partial charge in [-0.25, -0.2) is 0 Å². The van der Waals surface area contributed by atoms with Crippen molar-refractivity contribution in [2.24, 2.45) is 0 Å². The average Bonchev–Trinajstić information content (AvgIpc) is 1.06. The van der Waals surface area contributed by atoms with Crippen LogP contribution in [-0.4, -0.2) is 83.2 Å². The topological polar surface area (TPSA) is 51.1 Å².